The Kier molecular flexibility index (Phi) is 4.31. The predicted octanol–water partition coefficient (Wildman–Crippen LogP) is 1.33. The van der Waals surface area contributed by atoms with E-state index in [1.807, 2.05) is 0 Å². The van der Waals surface area contributed by atoms with Gasteiger partial charge in [-0.25, -0.2) is 12.8 Å². The number of amides is 1. The first-order valence-electron chi connectivity index (χ1n) is 6.03. The zero-order chi connectivity index (χ0) is 14.9. The predicted molar refractivity (Wildman–Crippen MR) is 72.4 cm³/mol. The molecule has 2 rings (SSSR count). The summed E-state index contributed by atoms with van der Waals surface area (Å²) in [7, 11) is -3.76. The smallest absolute Gasteiger partial charge is 0.244 e. The lowest BCUT2D eigenvalue weighted by atomic mass is 10.3. The highest BCUT2D eigenvalue weighted by atomic mass is 35.5. The van der Waals surface area contributed by atoms with Gasteiger partial charge in [0.1, 0.15) is 10.7 Å². The van der Waals surface area contributed by atoms with Gasteiger partial charge in [-0.2, -0.15) is 4.31 Å². The average molecular weight is 321 g/mol. The second-order valence-electron chi connectivity index (χ2n) is 4.48. The molecule has 0 saturated carbocycles. The molecule has 0 N–H and O–H groups in total. The van der Waals surface area contributed by atoms with Crippen LogP contribution in [0.5, 0.6) is 0 Å². The van der Waals surface area contributed by atoms with Gasteiger partial charge in [-0.15, -0.1) is 0 Å². The molecular formula is C12H14ClFN2O3S. The Morgan fingerprint density at radius 3 is 2.35 bits per heavy atom. The molecule has 0 bridgehead atoms. The number of hydrogen-bond donors (Lipinski definition) is 0. The van der Waals surface area contributed by atoms with Gasteiger partial charge in [-0.3, -0.25) is 4.79 Å². The number of rotatable bonds is 2. The molecule has 20 heavy (non-hydrogen) atoms. The third-order valence-corrected chi connectivity index (χ3v) is 5.58. The van der Waals surface area contributed by atoms with Gasteiger partial charge in [0.2, 0.25) is 15.9 Å². The van der Waals surface area contributed by atoms with Crippen LogP contribution in [-0.4, -0.2) is 49.7 Å². The quantitative estimate of drug-likeness (QED) is 0.826. The lowest BCUT2D eigenvalue weighted by Crippen LogP contribution is -2.49. The van der Waals surface area contributed by atoms with E-state index in [1.54, 1.807) is 4.90 Å². The van der Waals surface area contributed by atoms with Crippen LogP contribution in [0.4, 0.5) is 4.39 Å². The largest absolute Gasteiger partial charge is 0.340 e. The normalized spacial score (nSPS) is 17.2. The molecule has 0 aromatic heterocycles. The molecular weight excluding hydrogens is 307 g/mol. The van der Waals surface area contributed by atoms with Gasteiger partial charge in [0.25, 0.3) is 0 Å². The van der Waals surface area contributed by atoms with E-state index in [2.05, 4.69) is 0 Å². The molecule has 1 heterocycles. The number of carbonyl (C=O) groups excluding carboxylic acids is 1. The van der Waals surface area contributed by atoms with Crippen molar-refractivity contribution in [1.29, 1.82) is 0 Å². The second-order valence-corrected chi connectivity index (χ2v) is 6.80. The molecule has 1 saturated heterocycles. The fraction of sp³-hybridized carbons (Fsp3) is 0.417. The summed E-state index contributed by atoms with van der Waals surface area (Å²) < 4.78 is 39.1. The lowest BCUT2D eigenvalue weighted by molar-refractivity contribution is -0.129. The van der Waals surface area contributed by atoms with Gasteiger partial charge in [-0.1, -0.05) is 11.6 Å². The molecule has 8 heteroatoms. The maximum atomic E-state index is 13.0. The van der Waals surface area contributed by atoms with E-state index >= 15 is 0 Å². The zero-order valence-electron chi connectivity index (χ0n) is 10.8. The molecule has 1 amide bonds. The van der Waals surface area contributed by atoms with Crippen molar-refractivity contribution in [1.82, 2.24) is 9.21 Å². The summed E-state index contributed by atoms with van der Waals surface area (Å²) in [6.07, 6.45) is 0. The van der Waals surface area contributed by atoms with E-state index in [9.17, 15) is 17.6 Å². The van der Waals surface area contributed by atoms with E-state index in [0.717, 1.165) is 18.2 Å². The maximum absolute atomic E-state index is 13.0. The number of hydrogen-bond acceptors (Lipinski definition) is 3. The fourth-order valence-electron chi connectivity index (χ4n) is 2.07. The van der Waals surface area contributed by atoms with Gasteiger partial charge < -0.3 is 4.90 Å². The van der Waals surface area contributed by atoms with Gasteiger partial charge in [0.15, 0.2) is 0 Å². The summed E-state index contributed by atoms with van der Waals surface area (Å²) in [6, 6.07) is 3.19. The Bertz CT molecular complexity index is 628. The first-order chi connectivity index (χ1) is 9.32. The van der Waals surface area contributed by atoms with Crippen LogP contribution in [0, 0.1) is 5.82 Å². The Morgan fingerprint density at radius 1 is 1.25 bits per heavy atom. The van der Waals surface area contributed by atoms with Crippen LogP contribution >= 0.6 is 11.6 Å². The van der Waals surface area contributed by atoms with E-state index in [4.69, 9.17) is 11.6 Å². The Hall–Kier alpha value is -1.18. The van der Waals surface area contributed by atoms with Gasteiger partial charge >= 0.3 is 0 Å². The molecule has 0 unspecified atom stereocenters. The Morgan fingerprint density at radius 2 is 1.85 bits per heavy atom. The highest BCUT2D eigenvalue weighted by Gasteiger charge is 2.30. The molecule has 0 radical (unpaired) electrons. The summed E-state index contributed by atoms with van der Waals surface area (Å²) in [5, 5.41) is -0.140. The molecule has 1 aliphatic heterocycles. The standard InChI is InChI=1S/C12H14ClFN2O3S/c1-9(17)15-4-6-16(7-5-15)20(18,19)12-3-2-10(14)8-11(12)13/h2-3,8H,4-7H2,1H3. The van der Waals surface area contributed by atoms with Crippen LogP contribution in [0.3, 0.4) is 0 Å². The number of halogens is 2. The van der Waals surface area contributed by atoms with E-state index in [1.165, 1.54) is 11.2 Å². The molecule has 0 atom stereocenters. The van der Waals surface area contributed by atoms with Crippen LogP contribution in [0.25, 0.3) is 0 Å². The van der Waals surface area contributed by atoms with E-state index in [0.29, 0.717) is 13.1 Å². The number of carbonyl (C=O) groups is 1. The molecule has 1 aromatic rings. The van der Waals surface area contributed by atoms with Crippen molar-refractivity contribution in [2.75, 3.05) is 26.2 Å². The summed E-state index contributed by atoms with van der Waals surface area (Å²) in [6.45, 7) is 2.53. The molecule has 1 fully saturated rings. The summed E-state index contributed by atoms with van der Waals surface area (Å²) in [4.78, 5) is 12.7. The highest BCUT2D eigenvalue weighted by molar-refractivity contribution is 7.89. The molecule has 0 spiro atoms. The first-order valence-corrected chi connectivity index (χ1v) is 7.85. The third-order valence-electron chi connectivity index (χ3n) is 3.20. The SMILES string of the molecule is CC(=O)N1CCN(S(=O)(=O)c2ccc(F)cc2Cl)CC1. The summed E-state index contributed by atoms with van der Waals surface area (Å²) in [5.41, 5.74) is 0. The van der Waals surface area contributed by atoms with Gasteiger partial charge in [-0.05, 0) is 18.2 Å². The number of benzene rings is 1. The first kappa shape index (κ1) is 15.2. The van der Waals surface area contributed by atoms with Crippen molar-refractivity contribution in [3.63, 3.8) is 0 Å². The molecule has 1 aromatic carbocycles. The molecule has 110 valence electrons. The van der Waals surface area contributed by atoms with Crippen molar-refractivity contribution >= 4 is 27.5 Å². The molecule has 0 aliphatic carbocycles. The van der Waals surface area contributed by atoms with Crippen molar-refractivity contribution in [2.24, 2.45) is 0 Å². The number of sulfonamides is 1. The van der Waals surface area contributed by atoms with Crippen molar-refractivity contribution < 1.29 is 17.6 Å². The number of piperazine rings is 1. The number of nitrogens with zero attached hydrogens (tertiary/aromatic N) is 2. The van der Waals surface area contributed by atoms with Crippen LogP contribution in [0.15, 0.2) is 23.1 Å². The second kappa shape index (κ2) is 5.67. The molecule has 5 nitrogen and oxygen atoms in total. The van der Waals surface area contributed by atoms with Crippen LogP contribution in [0.1, 0.15) is 6.92 Å². The Balaban J connectivity index is 2.22. The Labute approximate surface area is 122 Å². The van der Waals surface area contributed by atoms with Gasteiger partial charge in [0, 0.05) is 33.1 Å². The third kappa shape index (κ3) is 2.94. The summed E-state index contributed by atoms with van der Waals surface area (Å²) in [5.74, 6) is -0.669. The fourth-order valence-corrected chi connectivity index (χ4v) is 3.99. The topological polar surface area (TPSA) is 57.7 Å². The minimum atomic E-state index is -3.76. The van der Waals surface area contributed by atoms with Crippen LogP contribution in [-0.2, 0) is 14.8 Å². The monoisotopic (exact) mass is 320 g/mol. The molecule has 1 aliphatic rings. The lowest BCUT2D eigenvalue weighted by Gasteiger charge is -2.33. The van der Waals surface area contributed by atoms with E-state index in [-0.39, 0.29) is 28.9 Å². The van der Waals surface area contributed by atoms with E-state index < -0.39 is 15.8 Å². The van der Waals surface area contributed by atoms with Crippen LogP contribution in [0.2, 0.25) is 5.02 Å². The van der Waals surface area contributed by atoms with Gasteiger partial charge in [0.05, 0.1) is 5.02 Å². The van der Waals surface area contributed by atoms with Crippen molar-refractivity contribution in [3.8, 4) is 0 Å². The zero-order valence-corrected chi connectivity index (χ0v) is 12.4. The minimum absolute atomic E-state index is 0.0816. The maximum Gasteiger partial charge on any atom is 0.244 e. The highest BCUT2D eigenvalue weighted by Crippen LogP contribution is 2.26. The van der Waals surface area contributed by atoms with Crippen molar-refractivity contribution in [2.45, 2.75) is 11.8 Å². The van der Waals surface area contributed by atoms with Crippen molar-refractivity contribution in [3.05, 3.63) is 29.0 Å². The minimum Gasteiger partial charge on any atom is -0.340 e. The average Bonchev–Trinajstić information content (AvgIpc) is 2.38. The van der Waals surface area contributed by atoms with Crippen LogP contribution < -0.4 is 0 Å². The summed E-state index contributed by atoms with van der Waals surface area (Å²) >= 11 is 5.80.